The van der Waals surface area contributed by atoms with Crippen molar-refractivity contribution in [3.8, 4) is 16.4 Å². The molecule has 0 bridgehead atoms. The molecule has 8 heteroatoms. The second-order valence-electron chi connectivity index (χ2n) is 5.95. The van der Waals surface area contributed by atoms with Gasteiger partial charge in [-0.15, -0.1) is 23.1 Å². The van der Waals surface area contributed by atoms with Crippen LogP contribution >= 0.6 is 34.4 Å². The maximum Gasteiger partial charge on any atom is 0.352 e. The molecule has 5 nitrogen and oxygen atoms in total. The van der Waals surface area contributed by atoms with Gasteiger partial charge in [0.15, 0.2) is 5.13 Å². The molecule has 4 rings (SSSR count). The molecule has 0 amide bonds. The SMILES string of the molecule is CC(C)Cn1ncn(-c2nc3c(s2)C(C)Sc2sccc2-3)c1=O. The predicted molar refractivity (Wildman–Crippen MR) is 95.9 cm³/mol. The maximum absolute atomic E-state index is 12.5. The highest BCUT2D eigenvalue weighted by Gasteiger charge is 2.28. The molecule has 120 valence electrons. The number of thioether (sulfide) groups is 1. The van der Waals surface area contributed by atoms with Gasteiger partial charge < -0.3 is 0 Å². The zero-order valence-corrected chi connectivity index (χ0v) is 15.5. The molecule has 1 aliphatic rings. The summed E-state index contributed by atoms with van der Waals surface area (Å²) in [6.45, 7) is 6.96. The van der Waals surface area contributed by atoms with Crippen LogP contribution in [0.4, 0.5) is 0 Å². The summed E-state index contributed by atoms with van der Waals surface area (Å²) in [6.07, 6.45) is 1.58. The maximum atomic E-state index is 12.5. The van der Waals surface area contributed by atoms with Crippen LogP contribution in [-0.4, -0.2) is 19.3 Å². The van der Waals surface area contributed by atoms with Gasteiger partial charge >= 0.3 is 5.69 Å². The summed E-state index contributed by atoms with van der Waals surface area (Å²) < 4.78 is 4.39. The first-order valence-electron chi connectivity index (χ1n) is 7.44. The van der Waals surface area contributed by atoms with Crippen LogP contribution in [0.15, 0.2) is 26.8 Å². The second-order valence-corrected chi connectivity index (χ2v) is 9.49. The summed E-state index contributed by atoms with van der Waals surface area (Å²) in [6, 6.07) is 2.12. The molecule has 4 heterocycles. The summed E-state index contributed by atoms with van der Waals surface area (Å²) in [5, 5.41) is 7.40. The van der Waals surface area contributed by atoms with Gasteiger partial charge in [-0.05, 0) is 24.3 Å². The Balaban J connectivity index is 1.80. The average molecular weight is 365 g/mol. The predicted octanol–water partition coefficient (Wildman–Crippen LogP) is 4.04. The fourth-order valence-electron chi connectivity index (χ4n) is 2.61. The Hall–Kier alpha value is -1.38. The number of thiazole rings is 1. The summed E-state index contributed by atoms with van der Waals surface area (Å²) in [5.41, 5.74) is 2.10. The van der Waals surface area contributed by atoms with Crippen molar-refractivity contribution in [2.75, 3.05) is 0 Å². The molecule has 0 saturated heterocycles. The molecule has 0 radical (unpaired) electrons. The molecule has 1 unspecified atom stereocenters. The Kier molecular flexibility index (Phi) is 3.70. The monoisotopic (exact) mass is 364 g/mol. The van der Waals surface area contributed by atoms with Crippen LogP contribution in [0.1, 0.15) is 30.9 Å². The molecule has 3 aromatic rings. The van der Waals surface area contributed by atoms with Crippen LogP contribution in [0, 0.1) is 5.92 Å². The summed E-state index contributed by atoms with van der Waals surface area (Å²) >= 11 is 5.21. The van der Waals surface area contributed by atoms with E-state index in [0.717, 1.165) is 5.69 Å². The van der Waals surface area contributed by atoms with Gasteiger partial charge in [0, 0.05) is 22.2 Å². The molecule has 1 atom stereocenters. The topological polar surface area (TPSA) is 52.7 Å². The van der Waals surface area contributed by atoms with E-state index >= 15 is 0 Å². The summed E-state index contributed by atoms with van der Waals surface area (Å²) in [7, 11) is 0. The molecule has 0 aliphatic carbocycles. The minimum atomic E-state index is -0.115. The van der Waals surface area contributed by atoms with E-state index in [1.54, 1.807) is 33.6 Å². The van der Waals surface area contributed by atoms with E-state index in [1.165, 1.54) is 19.3 Å². The molecule has 0 spiro atoms. The highest BCUT2D eigenvalue weighted by Crippen LogP contribution is 2.52. The zero-order valence-electron chi connectivity index (χ0n) is 13.0. The standard InChI is InChI=1S/C15H16N4OS3/c1-8(2)6-19-15(20)18(7-16-19)14-17-11-10-4-5-21-13(10)22-9(3)12(11)23-14/h4-5,7-9H,6H2,1-3H3. The Morgan fingerprint density at radius 3 is 3.00 bits per heavy atom. The van der Waals surface area contributed by atoms with E-state index < -0.39 is 0 Å². The number of fused-ring (bicyclic) bond motifs is 3. The molecule has 0 N–H and O–H groups in total. The Bertz CT molecular complexity index is 917. The fraction of sp³-hybridized carbons (Fsp3) is 0.400. The molecule has 0 aromatic carbocycles. The Morgan fingerprint density at radius 1 is 1.39 bits per heavy atom. The molecule has 0 saturated carbocycles. The minimum absolute atomic E-state index is 0.115. The van der Waals surface area contributed by atoms with Crippen molar-refractivity contribution in [2.24, 2.45) is 5.92 Å². The van der Waals surface area contributed by atoms with Crippen LogP contribution in [-0.2, 0) is 6.54 Å². The first-order chi connectivity index (χ1) is 11.0. The Labute approximate surface area is 146 Å². The van der Waals surface area contributed by atoms with Crippen molar-refractivity contribution in [1.29, 1.82) is 0 Å². The second kappa shape index (κ2) is 5.61. The number of nitrogens with zero attached hydrogens (tertiary/aromatic N) is 4. The van der Waals surface area contributed by atoms with Gasteiger partial charge in [-0.1, -0.05) is 25.2 Å². The van der Waals surface area contributed by atoms with Crippen molar-refractivity contribution in [2.45, 2.75) is 36.8 Å². The van der Waals surface area contributed by atoms with Crippen molar-refractivity contribution in [3.63, 3.8) is 0 Å². The number of rotatable bonds is 3. The number of aromatic nitrogens is 4. The van der Waals surface area contributed by atoms with E-state index in [1.807, 2.05) is 11.8 Å². The molecule has 1 aliphatic heterocycles. The van der Waals surface area contributed by atoms with Gasteiger partial charge in [0.2, 0.25) is 0 Å². The molecule has 3 aromatic heterocycles. The van der Waals surface area contributed by atoms with Crippen LogP contribution in [0.5, 0.6) is 0 Å². The van der Waals surface area contributed by atoms with E-state index in [9.17, 15) is 4.79 Å². The minimum Gasteiger partial charge on any atom is -0.245 e. The Morgan fingerprint density at radius 2 is 2.22 bits per heavy atom. The van der Waals surface area contributed by atoms with Gasteiger partial charge in [0.25, 0.3) is 0 Å². The molecule has 0 fully saturated rings. The van der Waals surface area contributed by atoms with Crippen LogP contribution in [0.25, 0.3) is 16.4 Å². The van der Waals surface area contributed by atoms with E-state index in [4.69, 9.17) is 4.98 Å². The summed E-state index contributed by atoms with van der Waals surface area (Å²) in [5.74, 6) is 0.380. The third kappa shape index (κ3) is 2.49. The average Bonchev–Trinajstić information content (AvgIpc) is 3.17. The molecular weight excluding hydrogens is 348 g/mol. The van der Waals surface area contributed by atoms with Gasteiger partial charge in [-0.2, -0.15) is 5.10 Å². The first-order valence-corrected chi connectivity index (χ1v) is 10.0. The van der Waals surface area contributed by atoms with E-state index in [2.05, 4.69) is 37.3 Å². The largest absolute Gasteiger partial charge is 0.352 e. The fourth-order valence-corrected chi connectivity index (χ4v) is 6.14. The van der Waals surface area contributed by atoms with Gasteiger partial charge in [0.05, 0.1) is 9.90 Å². The van der Waals surface area contributed by atoms with Crippen molar-refractivity contribution >= 4 is 34.4 Å². The number of hydrogen-bond acceptors (Lipinski definition) is 6. The first kappa shape index (κ1) is 15.2. The van der Waals surface area contributed by atoms with Gasteiger partial charge in [-0.3, -0.25) is 0 Å². The quantitative estimate of drug-likeness (QED) is 0.704. The lowest BCUT2D eigenvalue weighted by molar-refractivity contribution is 0.469. The van der Waals surface area contributed by atoms with Crippen LogP contribution in [0.2, 0.25) is 0 Å². The smallest absolute Gasteiger partial charge is 0.245 e. The summed E-state index contributed by atoms with van der Waals surface area (Å²) in [4.78, 5) is 18.5. The lowest BCUT2D eigenvalue weighted by Crippen LogP contribution is -2.25. The highest BCUT2D eigenvalue weighted by molar-refractivity contribution is 8.01. The van der Waals surface area contributed by atoms with Crippen molar-refractivity contribution in [1.82, 2.24) is 19.3 Å². The zero-order chi connectivity index (χ0) is 16.1. The van der Waals surface area contributed by atoms with Crippen LogP contribution in [0.3, 0.4) is 0 Å². The van der Waals surface area contributed by atoms with Gasteiger partial charge in [0.1, 0.15) is 6.33 Å². The van der Waals surface area contributed by atoms with Crippen molar-refractivity contribution in [3.05, 3.63) is 33.1 Å². The van der Waals surface area contributed by atoms with Gasteiger partial charge in [-0.25, -0.2) is 19.0 Å². The highest BCUT2D eigenvalue weighted by atomic mass is 32.2. The normalized spacial score (nSPS) is 16.6. The van der Waals surface area contributed by atoms with E-state index in [0.29, 0.717) is 22.8 Å². The number of thiophene rings is 1. The lowest BCUT2D eigenvalue weighted by atomic mass is 10.2. The molecular formula is C15H16N4OS3. The van der Waals surface area contributed by atoms with E-state index in [-0.39, 0.29) is 5.69 Å². The third-order valence-corrected chi connectivity index (χ3v) is 7.35. The van der Waals surface area contributed by atoms with Crippen LogP contribution < -0.4 is 5.69 Å². The molecule has 23 heavy (non-hydrogen) atoms. The van der Waals surface area contributed by atoms with Crippen molar-refractivity contribution < 1.29 is 0 Å². The third-order valence-electron chi connectivity index (χ3n) is 3.66. The lowest BCUT2D eigenvalue weighted by Gasteiger charge is -2.16. The number of hydrogen-bond donors (Lipinski definition) is 0.